The van der Waals surface area contributed by atoms with E-state index in [9.17, 15) is 4.79 Å². The van der Waals surface area contributed by atoms with Crippen LogP contribution in [0.3, 0.4) is 0 Å². The highest BCUT2D eigenvalue weighted by atomic mass is 16.1. The molecule has 3 nitrogen and oxygen atoms in total. The fourth-order valence-electron chi connectivity index (χ4n) is 2.12. The van der Waals surface area contributed by atoms with Gasteiger partial charge < -0.3 is 10.6 Å². The second kappa shape index (κ2) is 7.93. The van der Waals surface area contributed by atoms with Gasteiger partial charge in [0.05, 0.1) is 0 Å². The number of hydrogen-bond donors (Lipinski definition) is 2. The molecule has 0 spiro atoms. The van der Waals surface area contributed by atoms with E-state index in [1.165, 1.54) is 16.8 Å². The lowest BCUT2D eigenvalue weighted by Gasteiger charge is -2.17. The lowest BCUT2D eigenvalue weighted by Crippen LogP contribution is -2.28. The molecule has 3 heteroatoms. The minimum Gasteiger partial charge on any atom is -0.384 e. The molecule has 0 radical (unpaired) electrons. The van der Waals surface area contributed by atoms with Crippen LogP contribution in [-0.4, -0.2) is 19.0 Å². The average Bonchev–Trinajstić information content (AvgIpc) is 2.37. The number of benzene rings is 1. The topological polar surface area (TPSA) is 41.1 Å². The Labute approximate surface area is 123 Å². The summed E-state index contributed by atoms with van der Waals surface area (Å²) in [5.41, 5.74) is 3.73. The molecular formula is C17H28N2O. The molecular weight excluding hydrogens is 248 g/mol. The number of anilines is 1. The number of carbonyl (C=O) groups is 1. The first-order valence-corrected chi connectivity index (χ1v) is 7.52. The number of aryl methyl sites for hydroxylation is 1. The third kappa shape index (κ3) is 5.24. The molecule has 0 aliphatic rings. The van der Waals surface area contributed by atoms with Crippen LogP contribution in [0.2, 0.25) is 0 Å². The van der Waals surface area contributed by atoms with Gasteiger partial charge >= 0.3 is 0 Å². The summed E-state index contributed by atoms with van der Waals surface area (Å²) >= 11 is 0. The van der Waals surface area contributed by atoms with E-state index in [2.05, 4.69) is 63.5 Å². The lowest BCUT2D eigenvalue weighted by atomic mass is 9.98. The van der Waals surface area contributed by atoms with Crippen molar-refractivity contribution in [2.45, 2.75) is 47.0 Å². The summed E-state index contributed by atoms with van der Waals surface area (Å²) in [5, 5.41) is 6.36. The third-order valence-electron chi connectivity index (χ3n) is 3.29. The number of amides is 1. The zero-order valence-corrected chi connectivity index (χ0v) is 13.4. The van der Waals surface area contributed by atoms with Crippen LogP contribution < -0.4 is 10.6 Å². The van der Waals surface area contributed by atoms with Crippen molar-refractivity contribution in [2.75, 3.05) is 18.4 Å². The van der Waals surface area contributed by atoms with E-state index in [0.717, 1.165) is 6.54 Å². The fraction of sp³-hybridized carbons (Fsp3) is 0.588. The molecule has 1 amide bonds. The standard InChI is InChI=1S/C17H28N2O/c1-12(2)11-19-16(20)9-10-18-17-14(5)7-6-8-15(17)13(3)4/h6-8,12-13,18H,9-11H2,1-5H3,(H,19,20). The maximum absolute atomic E-state index is 11.7. The summed E-state index contributed by atoms with van der Waals surface area (Å²) in [4.78, 5) is 11.7. The molecule has 0 aliphatic carbocycles. The molecule has 1 aromatic rings. The molecule has 0 saturated carbocycles. The van der Waals surface area contributed by atoms with E-state index < -0.39 is 0 Å². The van der Waals surface area contributed by atoms with Gasteiger partial charge in [-0.3, -0.25) is 4.79 Å². The first-order chi connectivity index (χ1) is 9.41. The van der Waals surface area contributed by atoms with Gasteiger partial charge in [0.25, 0.3) is 0 Å². The Morgan fingerprint density at radius 1 is 1.20 bits per heavy atom. The van der Waals surface area contributed by atoms with Gasteiger partial charge in [-0.2, -0.15) is 0 Å². The van der Waals surface area contributed by atoms with Crippen molar-refractivity contribution in [1.82, 2.24) is 5.32 Å². The van der Waals surface area contributed by atoms with Crippen molar-refractivity contribution >= 4 is 11.6 Å². The zero-order valence-electron chi connectivity index (χ0n) is 13.4. The summed E-state index contributed by atoms with van der Waals surface area (Å²) in [6, 6.07) is 6.34. The smallest absolute Gasteiger partial charge is 0.221 e. The Bertz CT molecular complexity index is 439. The number of carbonyl (C=O) groups excluding carboxylic acids is 1. The van der Waals surface area contributed by atoms with E-state index in [1.54, 1.807) is 0 Å². The largest absolute Gasteiger partial charge is 0.384 e. The first-order valence-electron chi connectivity index (χ1n) is 7.52. The van der Waals surface area contributed by atoms with Gasteiger partial charge in [0.1, 0.15) is 0 Å². The van der Waals surface area contributed by atoms with Crippen molar-refractivity contribution in [1.29, 1.82) is 0 Å². The van der Waals surface area contributed by atoms with E-state index in [0.29, 0.717) is 24.8 Å². The Morgan fingerprint density at radius 3 is 2.50 bits per heavy atom. The van der Waals surface area contributed by atoms with E-state index in [-0.39, 0.29) is 5.91 Å². The average molecular weight is 276 g/mol. The van der Waals surface area contributed by atoms with Gasteiger partial charge in [-0.15, -0.1) is 0 Å². The van der Waals surface area contributed by atoms with Gasteiger partial charge in [0.15, 0.2) is 0 Å². The van der Waals surface area contributed by atoms with Crippen molar-refractivity contribution in [3.8, 4) is 0 Å². The Morgan fingerprint density at radius 2 is 1.90 bits per heavy atom. The van der Waals surface area contributed by atoms with Crippen molar-refractivity contribution < 1.29 is 4.79 Å². The second-order valence-electron chi connectivity index (χ2n) is 6.07. The number of para-hydroxylation sites is 1. The zero-order chi connectivity index (χ0) is 15.1. The van der Waals surface area contributed by atoms with Gasteiger partial charge in [-0.1, -0.05) is 45.9 Å². The van der Waals surface area contributed by atoms with Gasteiger partial charge in [-0.05, 0) is 29.9 Å². The predicted molar refractivity (Wildman–Crippen MR) is 86.2 cm³/mol. The van der Waals surface area contributed by atoms with Crippen LogP contribution in [0, 0.1) is 12.8 Å². The summed E-state index contributed by atoms with van der Waals surface area (Å²) < 4.78 is 0. The second-order valence-corrected chi connectivity index (χ2v) is 6.07. The first kappa shape index (κ1) is 16.5. The van der Waals surface area contributed by atoms with Gasteiger partial charge in [-0.25, -0.2) is 0 Å². The molecule has 0 fully saturated rings. The van der Waals surface area contributed by atoms with Crippen LogP contribution in [-0.2, 0) is 4.79 Å². The highest BCUT2D eigenvalue weighted by Crippen LogP contribution is 2.27. The molecule has 0 bridgehead atoms. The third-order valence-corrected chi connectivity index (χ3v) is 3.29. The maximum Gasteiger partial charge on any atom is 0.221 e. The van der Waals surface area contributed by atoms with Crippen LogP contribution >= 0.6 is 0 Å². The number of hydrogen-bond acceptors (Lipinski definition) is 2. The highest BCUT2D eigenvalue weighted by molar-refractivity contribution is 5.76. The molecule has 1 aromatic carbocycles. The number of nitrogens with one attached hydrogen (secondary N) is 2. The van der Waals surface area contributed by atoms with Crippen LogP contribution in [0.4, 0.5) is 5.69 Å². The predicted octanol–water partition coefficient (Wildman–Crippen LogP) is 3.69. The van der Waals surface area contributed by atoms with E-state index >= 15 is 0 Å². The van der Waals surface area contributed by atoms with Gasteiger partial charge in [0, 0.05) is 25.2 Å². The summed E-state index contributed by atoms with van der Waals surface area (Å²) in [6.45, 7) is 12.1. The van der Waals surface area contributed by atoms with Crippen LogP contribution in [0.15, 0.2) is 18.2 Å². The number of rotatable bonds is 7. The fourth-order valence-corrected chi connectivity index (χ4v) is 2.12. The molecule has 0 aromatic heterocycles. The van der Waals surface area contributed by atoms with Crippen LogP contribution in [0.1, 0.15) is 51.2 Å². The van der Waals surface area contributed by atoms with Crippen LogP contribution in [0.25, 0.3) is 0 Å². The summed E-state index contributed by atoms with van der Waals surface area (Å²) in [7, 11) is 0. The Kier molecular flexibility index (Phi) is 6.56. The molecule has 0 aliphatic heterocycles. The SMILES string of the molecule is Cc1cccc(C(C)C)c1NCCC(=O)NCC(C)C. The molecule has 20 heavy (non-hydrogen) atoms. The van der Waals surface area contributed by atoms with Crippen molar-refractivity contribution in [3.63, 3.8) is 0 Å². The molecule has 0 unspecified atom stereocenters. The summed E-state index contributed by atoms with van der Waals surface area (Å²) in [5.74, 6) is 1.09. The van der Waals surface area contributed by atoms with E-state index in [4.69, 9.17) is 0 Å². The maximum atomic E-state index is 11.7. The molecule has 1 rings (SSSR count). The minimum absolute atomic E-state index is 0.117. The quantitative estimate of drug-likeness (QED) is 0.797. The van der Waals surface area contributed by atoms with Crippen molar-refractivity contribution in [3.05, 3.63) is 29.3 Å². The lowest BCUT2D eigenvalue weighted by molar-refractivity contribution is -0.120. The molecule has 0 saturated heterocycles. The van der Waals surface area contributed by atoms with Crippen LogP contribution in [0.5, 0.6) is 0 Å². The molecule has 0 atom stereocenters. The normalized spacial score (nSPS) is 10.9. The Balaban J connectivity index is 2.52. The Hall–Kier alpha value is -1.51. The van der Waals surface area contributed by atoms with E-state index in [1.807, 2.05) is 0 Å². The highest BCUT2D eigenvalue weighted by Gasteiger charge is 2.09. The molecule has 2 N–H and O–H groups in total. The molecule has 0 heterocycles. The summed E-state index contributed by atoms with van der Waals surface area (Å²) in [6.07, 6.45) is 0.512. The van der Waals surface area contributed by atoms with Gasteiger partial charge in [0.2, 0.25) is 5.91 Å². The monoisotopic (exact) mass is 276 g/mol. The minimum atomic E-state index is 0.117. The molecule has 112 valence electrons. The van der Waals surface area contributed by atoms with Crippen molar-refractivity contribution in [2.24, 2.45) is 5.92 Å².